The summed E-state index contributed by atoms with van der Waals surface area (Å²) in [6.07, 6.45) is 0. The summed E-state index contributed by atoms with van der Waals surface area (Å²) in [6.45, 7) is 5.79. The Balaban J connectivity index is 1.15. The van der Waals surface area contributed by atoms with Gasteiger partial charge in [0.05, 0.1) is 27.3 Å². The number of carbonyl (C=O) groups is 1. The van der Waals surface area contributed by atoms with E-state index in [0.29, 0.717) is 17.1 Å². The number of piperazine rings is 1. The Morgan fingerprint density at radius 2 is 1.27 bits per heavy atom. The van der Waals surface area contributed by atoms with Crippen molar-refractivity contribution in [3.8, 4) is 11.5 Å². The lowest BCUT2D eigenvalue weighted by Gasteiger charge is -2.34. The number of benzene rings is 3. The fraction of sp³-hybridized carbons (Fsp3) is 0.367. The number of amides is 1. The quantitative estimate of drug-likeness (QED) is 0.374. The first-order valence-electron chi connectivity index (χ1n) is 13.4. The van der Waals surface area contributed by atoms with Gasteiger partial charge in [0.15, 0.2) is 0 Å². The molecule has 0 radical (unpaired) electrons. The average Bonchev–Trinajstić information content (AvgIpc) is 3.18. The molecule has 0 saturated carbocycles. The van der Waals surface area contributed by atoms with Gasteiger partial charge < -0.3 is 9.47 Å². The zero-order valence-electron chi connectivity index (χ0n) is 23.0. The van der Waals surface area contributed by atoms with Crippen LogP contribution in [0.4, 0.5) is 0 Å². The summed E-state index contributed by atoms with van der Waals surface area (Å²) in [5.74, 6) is 0.599. The molecular formula is C30H36N4O5S. The van der Waals surface area contributed by atoms with Crippen molar-refractivity contribution in [3.63, 3.8) is 0 Å². The summed E-state index contributed by atoms with van der Waals surface area (Å²) in [7, 11) is -0.914. The van der Waals surface area contributed by atoms with Gasteiger partial charge >= 0.3 is 10.2 Å². The molecule has 40 heavy (non-hydrogen) atoms. The van der Waals surface area contributed by atoms with Crippen LogP contribution in [-0.2, 0) is 41.2 Å². The Hall–Kier alpha value is -3.44. The van der Waals surface area contributed by atoms with Crippen LogP contribution in [0.1, 0.15) is 22.3 Å². The lowest BCUT2D eigenvalue weighted by atomic mass is 10.1. The van der Waals surface area contributed by atoms with Gasteiger partial charge in [0.25, 0.3) is 5.91 Å². The number of hydrogen-bond donors (Lipinski definition) is 0. The van der Waals surface area contributed by atoms with Crippen LogP contribution in [0, 0.1) is 0 Å². The molecule has 212 valence electrons. The van der Waals surface area contributed by atoms with Crippen molar-refractivity contribution in [2.45, 2.75) is 26.2 Å². The Labute approximate surface area is 236 Å². The highest BCUT2D eigenvalue weighted by molar-refractivity contribution is 7.87. The van der Waals surface area contributed by atoms with Gasteiger partial charge in [-0.3, -0.25) is 14.6 Å². The first kappa shape index (κ1) is 28.1. The maximum absolute atomic E-state index is 13.3. The predicted molar refractivity (Wildman–Crippen MR) is 153 cm³/mol. The normalized spacial score (nSPS) is 18.2. The minimum atomic E-state index is -3.96. The van der Waals surface area contributed by atoms with Crippen LogP contribution in [0.15, 0.2) is 72.8 Å². The third kappa shape index (κ3) is 6.47. The van der Waals surface area contributed by atoms with E-state index in [1.54, 1.807) is 25.3 Å². The summed E-state index contributed by atoms with van der Waals surface area (Å²) < 4.78 is 39.3. The van der Waals surface area contributed by atoms with Gasteiger partial charge in [0.2, 0.25) is 0 Å². The molecule has 9 nitrogen and oxygen atoms in total. The summed E-state index contributed by atoms with van der Waals surface area (Å²) in [5, 5.41) is 0. The number of methoxy groups -OCH3 is 2. The molecule has 3 aromatic carbocycles. The molecule has 0 N–H and O–H groups in total. The lowest BCUT2D eigenvalue weighted by Crippen LogP contribution is -2.45. The molecule has 2 fully saturated rings. The van der Waals surface area contributed by atoms with E-state index in [4.69, 9.17) is 9.47 Å². The molecule has 3 aromatic rings. The fourth-order valence-electron chi connectivity index (χ4n) is 5.18. The van der Waals surface area contributed by atoms with E-state index in [2.05, 4.69) is 46.2 Å². The van der Waals surface area contributed by atoms with Gasteiger partial charge in [0, 0.05) is 57.4 Å². The van der Waals surface area contributed by atoms with E-state index in [-0.39, 0.29) is 19.6 Å². The smallest absolute Gasteiger partial charge is 0.307 e. The number of carbonyl (C=O) groups excluding carboxylic acids is 1. The molecule has 2 aliphatic heterocycles. The van der Waals surface area contributed by atoms with E-state index in [0.717, 1.165) is 49.1 Å². The van der Waals surface area contributed by atoms with Gasteiger partial charge in [-0.05, 0) is 28.8 Å². The van der Waals surface area contributed by atoms with Gasteiger partial charge in [-0.25, -0.2) is 4.31 Å². The summed E-state index contributed by atoms with van der Waals surface area (Å²) in [5.41, 5.74) is 3.97. The van der Waals surface area contributed by atoms with Crippen LogP contribution in [0.25, 0.3) is 0 Å². The summed E-state index contributed by atoms with van der Waals surface area (Å²) in [4.78, 5) is 17.7. The molecule has 0 atom stereocenters. The second-order valence-electron chi connectivity index (χ2n) is 10.2. The maximum atomic E-state index is 13.3. The van der Waals surface area contributed by atoms with E-state index >= 15 is 0 Å². The lowest BCUT2D eigenvalue weighted by molar-refractivity contribution is -0.125. The van der Waals surface area contributed by atoms with Gasteiger partial charge in [-0.15, -0.1) is 0 Å². The van der Waals surface area contributed by atoms with Crippen LogP contribution < -0.4 is 9.47 Å². The Morgan fingerprint density at radius 3 is 1.85 bits per heavy atom. The zero-order valence-corrected chi connectivity index (χ0v) is 23.8. The largest absolute Gasteiger partial charge is 0.497 e. The monoisotopic (exact) mass is 564 g/mol. The minimum absolute atomic E-state index is 0.0949. The number of nitrogens with zero attached hydrogens (tertiary/aromatic N) is 4. The molecule has 0 aromatic heterocycles. The zero-order chi connectivity index (χ0) is 28.1. The van der Waals surface area contributed by atoms with Gasteiger partial charge in [-0.2, -0.15) is 12.7 Å². The Morgan fingerprint density at radius 1 is 0.700 bits per heavy atom. The number of hydrogen-bond acceptors (Lipinski definition) is 7. The average molecular weight is 565 g/mol. The number of ether oxygens (including phenoxy) is 2. The van der Waals surface area contributed by atoms with Crippen LogP contribution in [0.3, 0.4) is 0 Å². The third-order valence-electron chi connectivity index (χ3n) is 7.50. The number of rotatable bonds is 10. The highest BCUT2D eigenvalue weighted by Crippen LogP contribution is 2.29. The molecule has 1 amide bonds. The summed E-state index contributed by atoms with van der Waals surface area (Å²) in [6, 6.07) is 23.7. The van der Waals surface area contributed by atoms with Crippen molar-refractivity contribution in [2.24, 2.45) is 0 Å². The highest BCUT2D eigenvalue weighted by Gasteiger charge is 2.42. The van der Waals surface area contributed by atoms with Crippen molar-refractivity contribution < 1.29 is 22.7 Å². The Bertz CT molecular complexity index is 1410. The molecule has 0 unspecified atom stereocenters. The van der Waals surface area contributed by atoms with E-state index in [9.17, 15) is 13.2 Å². The van der Waals surface area contributed by atoms with Gasteiger partial charge in [0.1, 0.15) is 11.5 Å². The molecule has 5 rings (SSSR count). The molecule has 2 heterocycles. The highest BCUT2D eigenvalue weighted by atomic mass is 32.2. The van der Waals surface area contributed by atoms with Crippen LogP contribution >= 0.6 is 0 Å². The van der Waals surface area contributed by atoms with E-state index < -0.39 is 16.1 Å². The molecule has 10 heteroatoms. The van der Waals surface area contributed by atoms with Crippen molar-refractivity contribution >= 4 is 16.1 Å². The standard InChI is InChI=1S/C30H36N4O5S/c1-38-28-13-12-27(29(18-28)39-2)22-34-30(35)23-33(40(34,36)37)21-26-10-8-25(9-11-26)20-32-16-14-31(15-17-32)19-24-6-4-3-5-7-24/h3-13,18H,14-17,19-23H2,1-2H3. The van der Waals surface area contributed by atoms with Crippen molar-refractivity contribution in [1.82, 2.24) is 18.4 Å². The second kappa shape index (κ2) is 12.4. The molecule has 2 saturated heterocycles. The summed E-state index contributed by atoms with van der Waals surface area (Å²) >= 11 is 0. The van der Waals surface area contributed by atoms with Crippen LogP contribution in [0.2, 0.25) is 0 Å². The second-order valence-corrected chi connectivity index (χ2v) is 12.1. The predicted octanol–water partition coefficient (Wildman–Crippen LogP) is 3.11. The topological polar surface area (TPSA) is 82.6 Å². The molecular weight excluding hydrogens is 528 g/mol. The first-order chi connectivity index (χ1) is 19.4. The third-order valence-corrected chi connectivity index (χ3v) is 9.31. The molecule has 0 aliphatic carbocycles. The van der Waals surface area contributed by atoms with Crippen molar-refractivity contribution in [2.75, 3.05) is 46.9 Å². The molecule has 2 aliphatic rings. The SMILES string of the molecule is COc1ccc(CN2C(=O)CN(Cc3ccc(CN4CCN(Cc5ccccc5)CC4)cc3)S2(=O)=O)c(OC)c1. The van der Waals surface area contributed by atoms with Crippen molar-refractivity contribution in [1.29, 1.82) is 0 Å². The van der Waals surface area contributed by atoms with Gasteiger partial charge in [-0.1, -0.05) is 54.6 Å². The van der Waals surface area contributed by atoms with E-state index in [1.807, 2.05) is 18.2 Å². The Kier molecular flexibility index (Phi) is 8.70. The fourth-order valence-corrected chi connectivity index (χ4v) is 6.66. The molecule has 0 spiro atoms. The molecule has 0 bridgehead atoms. The van der Waals surface area contributed by atoms with Crippen LogP contribution in [-0.4, -0.2) is 79.7 Å². The van der Waals surface area contributed by atoms with Crippen LogP contribution in [0.5, 0.6) is 11.5 Å². The minimum Gasteiger partial charge on any atom is -0.497 e. The maximum Gasteiger partial charge on any atom is 0.307 e. The van der Waals surface area contributed by atoms with E-state index in [1.165, 1.54) is 22.5 Å². The van der Waals surface area contributed by atoms with Crippen molar-refractivity contribution in [3.05, 3.63) is 95.1 Å². The first-order valence-corrected chi connectivity index (χ1v) is 14.8.